The maximum Gasteiger partial charge on any atom is 0.326 e. The number of hydrogen-bond acceptors (Lipinski definition) is 2. The van der Waals surface area contributed by atoms with Gasteiger partial charge in [0.15, 0.2) is 0 Å². The normalized spacial score (nSPS) is 12.7. The molecule has 0 radical (unpaired) electrons. The molecule has 0 aliphatic heterocycles. The van der Waals surface area contributed by atoms with Crippen LogP contribution in [0.15, 0.2) is 18.2 Å². The standard InChI is InChI=1S/C13H16Cl2N2O3/c1-13(2,3)10(11(18)19)17-12(20)16-9-7(14)5-4-6-8(9)15/h4-6,10H,1-3H3,(H,18,19)(H2,16,17,20)/t10-/m0/s1. The SMILES string of the molecule is CC(C)(C)[C@@H](NC(=O)Nc1c(Cl)cccc1Cl)C(=O)O. The minimum absolute atomic E-state index is 0.242. The van der Waals surface area contributed by atoms with Gasteiger partial charge in [-0.2, -0.15) is 0 Å². The highest BCUT2D eigenvalue weighted by Crippen LogP contribution is 2.29. The largest absolute Gasteiger partial charge is 0.480 e. The molecule has 0 saturated carbocycles. The van der Waals surface area contributed by atoms with Gasteiger partial charge in [-0.05, 0) is 17.5 Å². The van der Waals surface area contributed by atoms with Crippen molar-refractivity contribution in [3.05, 3.63) is 28.2 Å². The van der Waals surface area contributed by atoms with Crippen LogP contribution in [0.5, 0.6) is 0 Å². The van der Waals surface area contributed by atoms with E-state index in [-0.39, 0.29) is 15.7 Å². The lowest BCUT2D eigenvalue weighted by molar-refractivity contribution is -0.141. The van der Waals surface area contributed by atoms with Crippen LogP contribution >= 0.6 is 23.2 Å². The first kappa shape index (κ1) is 16.6. The number of aliphatic carboxylic acids is 1. The highest BCUT2D eigenvalue weighted by Gasteiger charge is 2.32. The van der Waals surface area contributed by atoms with E-state index in [9.17, 15) is 9.59 Å². The Morgan fingerprint density at radius 1 is 1.20 bits per heavy atom. The Hall–Kier alpha value is -1.46. The molecule has 0 spiro atoms. The molecule has 0 fully saturated rings. The lowest BCUT2D eigenvalue weighted by Crippen LogP contribution is -2.50. The van der Waals surface area contributed by atoms with Gasteiger partial charge < -0.3 is 15.7 Å². The molecule has 1 aromatic rings. The Morgan fingerprint density at radius 2 is 1.70 bits per heavy atom. The fourth-order valence-electron chi connectivity index (χ4n) is 1.55. The first-order valence-electron chi connectivity index (χ1n) is 5.87. The van der Waals surface area contributed by atoms with Gasteiger partial charge in [0.1, 0.15) is 6.04 Å². The van der Waals surface area contributed by atoms with E-state index in [0.717, 1.165) is 0 Å². The molecule has 110 valence electrons. The van der Waals surface area contributed by atoms with Crippen LogP contribution in [0.4, 0.5) is 10.5 Å². The van der Waals surface area contributed by atoms with E-state index in [4.69, 9.17) is 28.3 Å². The zero-order valence-electron chi connectivity index (χ0n) is 11.3. The molecule has 1 rings (SSSR count). The van der Waals surface area contributed by atoms with Gasteiger partial charge in [0.2, 0.25) is 0 Å². The lowest BCUT2D eigenvalue weighted by Gasteiger charge is -2.27. The van der Waals surface area contributed by atoms with Crippen molar-refractivity contribution in [3.8, 4) is 0 Å². The monoisotopic (exact) mass is 318 g/mol. The minimum Gasteiger partial charge on any atom is -0.480 e. The minimum atomic E-state index is -1.11. The molecule has 0 aliphatic rings. The van der Waals surface area contributed by atoms with Crippen molar-refractivity contribution < 1.29 is 14.7 Å². The molecule has 0 unspecified atom stereocenters. The zero-order valence-corrected chi connectivity index (χ0v) is 12.8. The molecular weight excluding hydrogens is 303 g/mol. The third kappa shape index (κ3) is 4.28. The summed E-state index contributed by atoms with van der Waals surface area (Å²) in [4.78, 5) is 23.0. The molecule has 20 heavy (non-hydrogen) atoms. The molecule has 5 nitrogen and oxygen atoms in total. The van der Waals surface area contributed by atoms with Gasteiger partial charge in [-0.3, -0.25) is 0 Å². The molecule has 2 amide bonds. The van der Waals surface area contributed by atoms with E-state index in [2.05, 4.69) is 10.6 Å². The van der Waals surface area contributed by atoms with Gasteiger partial charge in [0.05, 0.1) is 15.7 Å². The summed E-state index contributed by atoms with van der Waals surface area (Å²) in [5, 5.41) is 14.5. The Labute approximate surface area is 127 Å². The molecule has 1 aromatic carbocycles. The van der Waals surface area contributed by atoms with E-state index in [1.54, 1.807) is 39.0 Å². The van der Waals surface area contributed by atoms with Crippen LogP contribution in [-0.2, 0) is 4.79 Å². The predicted molar refractivity (Wildman–Crippen MR) is 79.5 cm³/mol. The summed E-state index contributed by atoms with van der Waals surface area (Å²) in [6, 6.07) is 3.07. The second kappa shape index (κ2) is 6.33. The van der Waals surface area contributed by atoms with Gasteiger partial charge in [-0.25, -0.2) is 9.59 Å². The molecule has 0 saturated heterocycles. The lowest BCUT2D eigenvalue weighted by atomic mass is 9.87. The molecule has 7 heteroatoms. The summed E-state index contributed by atoms with van der Waals surface area (Å²) in [7, 11) is 0. The van der Waals surface area contributed by atoms with Crippen molar-refractivity contribution in [1.82, 2.24) is 5.32 Å². The number of anilines is 1. The smallest absolute Gasteiger partial charge is 0.326 e. The van der Waals surface area contributed by atoms with Gasteiger partial charge >= 0.3 is 12.0 Å². The summed E-state index contributed by atoms with van der Waals surface area (Å²) >= 11 is 11.8. The third-order valence-corrected chi connectivity index (χ3v) is 3.22. The number of amides is 2. The summed E-state index contributed by atoms with van der Waals surface area (Å²) in [6.45, 7) is 5.15. The number of halogens is 2. The Balaban J connectivity index is 2.84. The first-order chi connectivity index (χ1) is 9.12. The first-order valence-corrected chi connectivity index (χ1v) is 6.63. The van der Waals surface area contributed by atoms with Crippen LogP contribution in [0.25, 0.3) is 0 Å². The zero-order chi connectivity index (χ0) is 15.5. The van der Waals surface area contributed by atoms with Crippen LogP contribution in [-0.4, -0.2) is 23.1 Å². The van der Waals surface area contributed by atoms with Crippen molar-refractivity contribution in [2.45, 2.75) is 26.8 Å². The molecule has 0 bridgehead atoms. The molecule has 0 aliphatic carbocycles. The number of nitrogens with one attached hydrogen (secondary N) is 2. The number of carbonyl (C=O) groups is 2. The van der Waals surface area contributed by atoms with Gasteiger partial charge in [-0.1, -0.05) is 50.0 Å². The van der Waals surface area contributed by atoms with Crippen molar-refractivity contribution in [3.63, 3.8) is 0 Å². The molecule has 0 heterocycles. The maximum atomic E-state index is 11.9. The van der Waals surface area contributed by atoms with Crippen LogP contribution in [0.1, 0.15) is 20.8 Å². The summed E-state index contributed by atoms with van der Waals surface area (Å²) < 4.78 is 0. The quantitative estimate of drug-likeness (QED) is 0.796. The summed E-state index contributed by atoms with van der Waals surface area (Å²) in [5.41, 5.74) is -0.389. The fraction of sp³-hybridized carbons (Fsp3) is 0.385. The van der Waals surface area contributed by atoms with Crippen molar-refractivity contribution in [2.75, 3.05) is 5.32 Å². The van der Waals surface area contributed by atoms with Crippen LogP contribution in [0.3, 0.4) is 0 Å². The number of hydrogen-bond donors (Lipinski definition) is 3. The average Bonchev–Trinajstić information content (AvgIpc) is 2.29. The van der Waals surface area contributed by atoms with Crippen LogP contribution in [0, 0.1) is 5.41 Å². The molecule has 1 atom stereocenters. The maximum absolute atomic E-state index is 11.9. The van der Waals surface area contributed by atoms with Crippen molar-refractivity contribution in [1.29, 1.82) is 0 Å². The highest BCUT2D eigenvalue weighted by atomic mass is 35.5. The third-order valence-electron chi connectivity index (χ3n) is 2.59. The second-order valence-corrected chi connectivity index (χ2v) is 6.15. The van der Waals surface area contributed by atoms with Crippen LogP contribution < -0.4 is 10.6 Å². The van der Waals surface area contributed by atoms with Gasteiger partial charge in [0.25, 0.3) is 0 Å². The van der Waals surface area contributed by atoms with E-state index in [0.29, 0.717) is 0 Å². The number of urea groups is 1. The summed E-state index contributed by atoms with van der Waals surface area (Å²) in [6.07, 6.45) is 0. The van der Waals surface area contributed by atoms with E-state index < -0.39 is 23.5 Å². The van der Waals surface area contributed by atoms with E-state index in [1.807, 2.05) is 0 Å². The van der Waals surface area contributed by atoms with E-state index in [1.165, 1.54) is 0 Å². The number of carboxylic acids is 1. The molecule has 3 N–H and O–H groups in total. The van der Waals surface area contributed by atoms with Gasteiger partial charge in [-0.15, -0.1) is 0 Å². The number of carbonyl (C=O) groups excluding carboxylic acids is 1. The Morgan fingerprint density at radius 3 is 2.10 bits per heavy atom. The Bertz CT molecular complexity index is 507. The van der Waals surface area contributed by atoms with E-state index >= 15 is 0 Å². The topological polar surface area (TPSA) is 78.4 Å². The average molecular weight is 319 g/mol. The Kier molecular flexibility index (Phi) is 5.25. The molecule has 0 aromatic heterocycles. The van der Waals surface area contributed by atoms with Crippen molar-refractivity contribution >= 4 is 40.9 Å². The number of para-hydroxylation sites is 1. The van der Waals surface area contributed by atoms with Crippen LogP contribution in [0.2, 0.25) is 10.0 Å². The van der Waals surface area contributed by atoms with Crippen molar-refractivity contribution in [2.24, 2.45) is 5.41 Å². The summed E-state index contributed by atoms with van der Waals surface area (Å²) in [5.74, 6) is -1.11. The number of rotatable bonds is 3. The second-order valence-electron chi connectivity index (χ2n) is 5.33. The highest BCUT2D eigenvalue weighted by molar-refractivity contribution is 6.39. The molecular formula is C13H16Cl2N2O3. The number of benzene rings is 1. The number of carboxylic acid groups (broad SMARTS) is 1. The predicted octanol–water partition coefficient (Wildman–Crippen LogP) is 3.61. The van der Waals surface area contributed by atoms with Gasteiger partial charge in [0, 0.05) is 0 Å². The fourth-order valence-corrected chi connectivity index (χ4v) is 2.04.